The summed E-state index contributed by atoms with van der Waals surface area (Å²) in [6.07, 6.45) is 1.30. The van der Waals surface area contributed by atoms with Crippen molar-refractivity contribution >= 4 is 15.9 Å². The van der Waals surface area contributed by atoms with Crippen molar-refractivity contribution in [3.63, 3.8) is 0 Å². The molecule has 0 aliphatic rings. The van der Waals surface area contributed by atoms with Gasteiger partial charge in [0.05, 0.1) is 0 Å². The minimum atomic E-state index is 0.444. The van der Waals surface area contributed by atoms with Crippen LogP contribution in [0.5, 0.6) is 5.75 Å². The van der Waals surface area contributed by atoms with Crippen LogP contribution in [0.4, 0.5) is 0 Å². The van der Waals surface area contributed by atoms with Crippen LogP contribution in [0.3, 0.4) is 0 Å². The average Bonchev–Trinajstić information content (AvgIpc) is 2.80. The van der Waals surface area contributed by atoms with Gasteiger partial charge in [-0.25, -0.2) is 0 Å². The molecule has 0 saturated carbocycles. The number of ether oxygens (including phenoxy) is 1. The van der Waals surface area contributed by atoms with Gasteiger partial charge in [0.25, 0.3) is 0 Å². The second-order valence-corrected chi connectivity index (χ2v) is 4.20. The molecule has 82 valence electrons. The van der Waals surface area contributed by atoms with Crippen molar-refractivity contribution in [3.8, 4) is 17.2 Å². The summed E-state index contributed by atoms with van der Waals surface area (Å²) in [4.78, 5) is 0. The van der Waals surface area contributed by atoms with Gasteiger partial charge in [0.1, 0.15) is 12.4 Å². The van der Waals surface area contributed by atoms with Crippen molar-refractivity contribution in [2.24, 2.45) is 0 Å². The fourth-order valence-corrected chi connectivity index (χ4v) is 1.27. The first-order valence-corrected chi connectivity index (χ1v) is 5.37. The molecule has 0 saturated heterocycles. The summed E-state index contributed by atoms with van der Waals surface area (Å²) in [7, 11) is 0. The molecule has 2 aromatic rings. The molecular formula is C11H9BrN2O2. The topological polar surface area (TPSA) is 48.2 Å². The summed E-state index contributed by atoms with van der Waals surface area (Å²) in [6, 6.07) is 7.41. The van der Waals surface area contributed by atoms with E-state index in [1.54, 1.807) is 0 Å². The Hall–Kier alpha value is -1.62. The number of rotatable bonds is 4. The number of nitrogens with zero attached hydrogens (tertiary/aromatic N) is 2. The number of hydrogen-bond acceptors (Lipinski definition) is 4. The van der Waals surface area contributed by atoms with E-state index in [4.69, 9.17) is 9.15 Å². The van der Waals surface area contributed by atoms with Crippen molar-refractivity contribution in [1.29, 1.82) is 0 Å². The fourth-order valence-electron chi connectivity index (χ4n) is 1.15. The maximum Gasteiger partial charge on any atom is 0.247 e. The van der Waals surface area contributed by atoms with Crippen LogP contribution in [0.15, 0.2) is 46.1 Å². The lowest BCUT2D eigenvalue weighted by Crippen LogP contribution is -1.95. The minimum Gasteiger partial charge on any atom is -0.488 e. The highest BCUT2D eigenvalue weighted by Gasteiger charge is 2.03. The second-order valence-electron chi connectivity index (χ2n) is 3.07. The first-order valence-electron chi connectivity index (χ1n) is 4.58. The van der Waals surface area contributed by atoms with E-state index < -0.39 is 0 Å². The van der Waals surface area contributed by atoms with E-state index in [-0.39, 0.29) is 0 Å². The summed E-state index contributed by atoms with van der Waals surface area (Å²) >= 11 is 3.23. The molecule has 1 aromatic carbocycles. The molecular weight excluding hydrogens is 272 g/mol. The Morgan fingerprint density at radius 3 is 2.69 bits per heavy atom. The van der Waals surface area contributed by atoms with Crippen LogP contribution in [-0.4, -0.2) is 16.8 Å². The van der Waals surface area contributed by atoms with Crippen molar-refractivity contribution in [3.05, 3.63) is 41.7 Å². The first-order chi connectivity index (χ1) is 7.75. The molecule has 1 aromatic heterocycles. The molecule has 0 aliphatic heterocycles. The number of halogens is 1. The highest BCUT2D eigenvalue weighted by atomic mass is 79.9. The summed E-state index contributed by atoms with van der Waals surface area (Å²) in [5, 5.41) is 7.43. The molecule has 0 fully saturated rings. The zero-order chi connectivity index (χ0) is 11.4. The summed E-state index contributed by atoms with van der Waals surface area (Å²) in [6.45, 7) is 4.13. The molecule has 0 atom stereocenters. The molecule has 0 aliphatic carbocycles. The normalized spacial score (nSPS) is 10.1. The minimum absolute atomic E-state index is 0.444. The van der Waals surface area contributed by atoms with Gasteiger partial charge in [-0.2, -0.15) is 0 Å². The summed E-state index contributed by atoms with van der Waals surface area (Å²) in [5.41, 5.74) is 0.863. The molecule has 0 radical (unpaired) electrons. The van der Waals surface area contributed by atoms with Crippen LogP contribution in [0.25, 0.3) is 11.5 Å². The van der Waals surface area contributed by atoms with Crippen LogP contribution >= 0.6 is 15.9 Å². The van der Waals surface area contributed by atoms with E-state index in [0.717, 1.165) is 15.8 Å². The number of hydrogen-bond donors (Lipinski definition) is 0. The highest BCUT2D eigenvalue weighted by Crippen LogP contribution is 2.20. The quantitative estimate of drug-likeness (QED) is 0.864. The summed E-state index contributed by atoms with van der Waals surface area (Å²) in [5.74, 6) is 1.26. The Balaban J connectivity index is 2.08. The van der Waals surface area contributed by atoms with Crippen LogP contribution in [-0.2, 0) is 0 Å². The van der Waals surface area contributed by atoms with Crippen LogP contribution < -0.4 is 4.74 Å². The molecule has 0 N–H and O–H groups in total. The lowest BCUT2D eigenvalue weighted by Gasteiger charge is -2.04. The second kappa shape index (κ2) is 4.94. The first kappa shape index (κ1) is 10.9. The Morgan fingerprint density at radius 2 is 2.12 bits per heavy atom. The smallest absolute Gasteiger partial charge is 0.247 e. The van der Waals surface area contributed by atoms with Gasteiger partial charge in [0, 0.05) is 10.0 Å². The van der Waals surface area contributed by atoms with Gasteiger partial charge < -0.3 is 9.15 Å². The zero-order valence-electron chi connectivity index (χ0n) is 8.39. The third kappa shape index (κ3) is 2.70. The van der Waals surface area contributed by atoms with Crippen molar-refractivity contribution in [2.75, 3.05) is 6.61 Å². The molecule has 0 unspecified atom stereocenters. The molecule has 5 heteroatoms. The number of aromatic nitrogens is 2. The lowest BCUT2D eigenvalue weighted by atomic mass is 10.2. The SMILES string of the molecule is C=C(Br)COc1ccc(-c2nnco2)cc1. The van der Waals surface area contributed by atoms with Gasteiger partial charge in [-0.1, -0.05) is 22.5 Å². The maximum absolute atomic E-state index is 5.43. The van der Waals surface area contributed by atoms with E-state index in [1.165, 1.54) is 6.39 Å². The largest absolute Gasteiger partial charge is 0.488 e. The van der Waals surface area contributed by atoms with E-state index in [1.807, 2.05) is 24.3 Å². The lowest BCUT2D eigenvalue weighted by molar-refractivity contribution is 0.361. The molecule has 1 heterocycles. The Labute approximate surface area is 101 Å². The van der Waals surface area contributed by atoms with Gasteiger partial charge in [0.15, 0.2) is 0 Å². The molecule has 0 amide bonds. The maximum atomic E-state index is 5.43. The van der Waals surface area contributed by atoms with Gasteiger partial charge in [-0.05, 0) is 24.3 Å². The van der Waals surface area contributed by atoms with E-state index in [2.05, 4.69) is 32.7 Å². The van der Waals surface area contributed by atoms with E-state index >= 15 is 0 Å². The zero-order valence-corrected chi connectivity index (χ0v) is 9.98. The Morgan fingerprint density at radius 1 is 1.38 bits per heavy atom. The standard InChI is InChI=1S/C11H9BrN2O2/c1-8(12)6-15-10-4-2-9(3-5-10)11-14-13-7-16-11/h2-5,7H,1,6H2. The van der Waals surface area contributed by atoms with Gasteiger partial charge >= 0.3 is 0 Å². The average molecular weight is 281 g/mol. The van der Waals surface area contributed by atoms with Gasteiger partial charge in [0.2, 0.25) is 12.3 Å². The van der Waals surface area contributed by atoms with Crippen LogP contribution in [0, 0.1) is 0 Å². The van der Waals surface area contributed by atoms with Gasteiger partial charge in [-0.15, -0.1) is 10.2 Å². The van der Waals surface area contributed by atoms with Crippen LogP contribution in [0.1, 0.15) is 0 Å². The third-order valence-electron chi connectivity index (χ3n) is 1.86. The molecule has 0 spiro atoms. The molecule has 16 heavy (non-hydrogen) atoms. The van der Waals surface area contributed by atoms with Crippen molar-refractivity contribution in [1.82, 2.24) is 10.2 Å². The van der Waals surface area contributed by atoms with E-state index in [9.17, 15) is 0 Å². The Kier molecular flexibility index (Phi) is 3.36. The van der Waals surface area contributed by atoms with Gasteiger partial charge in [-0.3, -0.25) is 0 Å². The molecule has 2 rings (SSSR count). The third-order valence-corrected chi connectivity index (χ3v) is 2.09. The molecule has 4 nitrogen and oxygen atoms in total. The Bertz CT molecular complexity index is 465. The summed E-state index contributed by atoms with van der Waals surface area (Å²) < 4.78 is 11.3. The molecule has 0 bridgehead atoms. The predicted molar refractivity (Wildman–Crippen MR) is 63.3 cm³/mol. The van der Waals surface area contributed by atoms with Crippen molar-refractivity contribution in [2.45, 2.75) is 0 Å². The van der Waals surface area contributed by atoms with E-state index in [0.29, 0.717) is 12.5 Å². The number of benzene rings is 1. The monoisotopic (exact) mass is 280 g/mol. The van der Waals surface area contributed by atoms with Crippen LogP contribution in [0.2, 0.25) is 0 Å². The highest BCUT2D eigenvalue weighted by molar-refractivity contribution is 9.11. The fraction of sp³-hybridized carbons (Fsp3) is 0.0909. The predicted octanol–water partition coefficient (Wildman–Crippen LogP) is 3.02. The van der Waals surface area contributed by atoms with Crippen molar-refractivity contribution < 1.29 is 9.15 Å².